The van der Waals surface area contributed by atoms with Gasteiger partial charge in [-0.15, -0.1) is 0 Å². The maximum atomic E-state index is 4.96. The summed E-state index contributed by atoms with van der Waals surface area (Å²) < 4.78 is 0. The first-order chi connectivity index (χ1) is 6.72. The van der Waals surface area contributed by atoms with Crippen molar-refractivity contribution in [3.05, 3.63) is 29.8 Å². The van der Waals surface area contributed by atoms with Crippen molar-refractivity contribution in [2.75, 3.05) is 11.9 Å². The monoisotopic (exact) mass is 212 g/mol. The van der Waals surface area contributed by atoms with Gasteiger partial charge in [0.25, 0.3) is 0 Å². The lowest BCUT2D eigenvalue weighted by Gasteiger charge is -2.05. The van der Waals surface area contributed by atoms with E-state index in [1.807, 2.05) is 19.1 Å². The number of anilines is 1. The highest BCUT2D eigenvalue weighted by Crippen LogP contribution is 2.09. The topological polar surface area (TPSA) is 24.1 Å². The van der Waals surface area contributed by atoms with Crippen molar-refractivity contribution in [3.8, 4) is 0 Å². The number of benzene rings is 1. The van der Waals surface area contributed by atoms with Crippen LogP contribution in [0.25, 0.3) is 0 Å². The van der Waals surface area contributed by atoms with Crippen molar-refractivity contribution in [2.24, 2.45) is 0 Å². The molecule has 0 saturated heterocycles. The first kappa shape index (κ1) is 11.1. The van der Waals surface area contributed by atoms with Crippen LogP contribution in [0.2, 0.25) is 0 Å². The lowest BCUT2D eigenvalue weighted by atomic mass is 10.2. The van der Waals surface area contributed by atoms with E-state index in [0.717, 1.165) is 23.8 Å². The molecule has 1 rings (SSSR count). The zero-order valence-corrected chi connectivity index (χ0v) is 9.45. The Bertz CT molecular complexity index is 301. The molecule has 1 aromatic rings. The van der Waals surface area contributed by atoms with Gasteiger partial charge in [-0.3, -0.25) is 0 Å². The average Bonchev–Trinajstić information content (AvgIpc) is 2.16. The lowest BCUT2D eigenvalue weighted by molar-refractivity contribution is 0.727. The molecule has 0 aromatic heterocycles. The molecule has 0 atom stereocenters. The minimum Gasteiger partial charge on any atom is -0.350 e. The third-order valence-corrected chi connectivity index (χ3v) is 1.96. The maximum absolute atomic E-state index is 4.96. The van der Waals surface area contributed by atoms with Gasteiger partial charge >= 0.3 is 0 Å². The van der Waals surface area contributed by atoms with Gasteiger partial charge in [-0.1, -0.05) is 31.3 Å². The number of hydrogen-bond donors (Lipinski definition) is 2. The fraction of sp³-hybridized carbons (Fsp3) is 0.364. The summed E-state index contributed by atoms with van der Waals surface area (Å²) in [6, 6.07) is 8.29. The van der Waals surface area contributed by atoms with Crippen molar-refractivity contribution in [3.63, 3.8) is 0 Å². The molecule has 0 heterocycles. The van der Waals surface area contributed by atoms with E-state index in [2.05, 4.69) is 29.7 Å². The van der Waals surface area contributed by atoms with E-state index >= 15 is 0 Å². The summed E-state index contributed by atoms with van der Waals surface area (Å²) in [6.07, 6.45) is 0. The minimum absolute atomic E-state index is 0. The molecule has 0 saturated carbocycles. The second-order valence-electron chi connectivity index (χ2n) is 3.16. The van der Waals surface area contributed by atoms with E-state index < -0.39 is 0 Å². The molecule has 2 N–H and O–H groups in total. The summed E-state index contributed by atoms with van der Waals surface area (Å²) in [5.41, 5.74) is 2.34. The molecule has 2 nitrogen and oxygen atoms in total. The van der Waals surface area contributed by atoms with Gasteiger partial charge in [0.05, 0.1) is 4.99 Å². The Morgan fingerprint density at radius 3 is 2.50 bits per heavy atom. The van der Waals surface area contributed by atoms with Crippen LogP contribution in [0, 0.1) is 0 Å². The van der Waals surface area contributed by atoms with Crippen LogP contribution in [0.1, 0.15) is 22.3 Å². The quantitative estimate of drug-likeness (QED) is 0.750. The largest absolute Gasteiger partial charge is 0.350 e. The molecule has 0 aliphatic heterocycles. The van der Waals surface area contributed by atoms with Gasteiger partial charge < -0.3 is 10.6 Å². The summed E-state index contributed by atoms with van der Waals surface area (Å²) in [6.45, 7) is 5.90. The maximum Gasteiger partial charge on any atom is 0.0765 e. The van der Waals surface area contributed by atoms with Crippen molar-refractivity contribution in [1.82, 2.24) is 5.32 Å². The van der Waals surface area contributed by atoms with Gasteiger partial charge in [-0.2, -0.15) is 0 Å². The summed E-state index contributed by atoms with van der Waals surface area (Å²) in [5, 5.41) is 6.38. The van der Waals surface area contributed by atoms with E-state index in [0.29, 0.717) is 0 Å². The van der Waals surface area contributed by atoms with E-state index in [-0.39, 0.29) is 2.85 Å². The first-order valence-electron chi connectivity index (χ1n) is 4.79. The zero-order chi connectivity index (χ0) is 10.4. The highest BCUT2D eigenvalue weighted by Gasteiger charge is 1.93. The van der Waals surface area contributed by atoms with E-state index in [1.54, 1.807) is 0 Å². The molecule has 0 aliphatic rings. The second-order valence-corrected chi connectivity index (χ2v) is 3.77. The normalized spacial score (nSPS) is 9.86. The smallest absolute Gasteiger partial charge is 0.0765 e. The molecular formula is C11H20N2S. The lowest BCUT2D eigenvalue weighted by Crippen LogP contribution is -2.11. The fourth-order valence-corrected chi connectivity index (χ4v) is 1.30. The standard InChI is InChI=1S/C11H16N2S.2H2/c1-3-12-8-10-4-6-11(7-5-10)13-9(2)14;;/h4-7,12H,3,8H2,1-2H3,(H,13,14);2*1H. The zero-order valence-electron chi connectivity index (χ0n) is 8.63. The van der Waals surface area contributed by atoms with Gasteiger partial charge in [0, 0.05) is 15.1 Å². The predicted octanol–water partition coefficient (Wildman–Crippen LogP) is 3.05. The van der Waals surface area contributed by atoms with Gasteiger partial charge in [-0.05, 0) is 31.2 Å². The van der Waals surface area contributed by atoms with E-state index in [9.17, 15) is 0 Å². The molecule has 0 aliphatic carbocycles. The van der Waals surface area contributed by atoms with Gasteiger partial charge in [-0.25, -0.2) is 0 Å². The van der Waals surface area contributed by atoms with Crippen LogP contribution in [-0.2, 0) is 6.54 Å². The van der Waals surface area contributed by atoms with Crippen LogP contribution >= 0.6 is 12.2 Å². The van der Waals surface area contributed by atoms with Crippen molar-refractivity contribution in [1.29, 1.82) is 0 Å². The Morgan fingerprint density at radius 1 is 1.36 bits per heavy atom. The molecule has 0 radical (unpaired) electrons. The minimum atomic E-state index is 0. The average molecular weight is 212 g/mol. The summed E-state index contributed by atoms with van der Waals surface area (Å²) in [7, 11) is 0. The Kier molecular flexibility index (Phi) is 4.56. The molecule has 0 unspecified atom stereocenters. The fourth-order valence-electron chi connectivity index (χ4n) is 1.18. The Labute approximate surface area is 93.7 Å². The number of thiocarbonyl (C=S) groups is 1. The molecule has 0 spiro atoms. The number of nitrogens with one attached hydrogen (secondary N) is 2. The van der Waals surface area contributed by atoms with Gasteiger partial charge in [0.15, 0.2) is 0 Å². The van der Waals surface area contributed by atoms with Crippen LogP contribution < -0.4 is 10.6 Å². The highest BCUT2D eigenvalue weighted by atomic mass is 32.1. The van der Waals surface area contributed by atoms with Gasteiger partial charge in [0.2, 0.25) is 0 Å². The molecule has 0 fully saturated rings. The Hall–Kier alpha value is -0.930. The molecule has 80 valence electrons. The molecule has 1 aromatic carbocycles. The predicted molar refractivity (Wildman–Crippen MR) is 69.9 cm³/mol. The van der Waals surface area contributed by atoms with E-state index in [1.165, 1.54) is 5.56 Å². The van der Waals surface area contributed by atoms with Crippen molar-refractivity contribution >= 4 is 22.9 Å². The highest BCUT2D eigenvalue weighted by molar-refractivity contribution is 7.80. The molecule has 14 heavy (non-hydrogen) atoms. The van der Waals surface area contributed by atoms with Crippen LogP contribution in [0.3, 0.4) is 0 Å². The molecule has 0 bridgehead atoms. The van der Waals surface area contributed by atoms with Crippen LogP contribution in [0.4, 0.5) is 5.69 Å². The third-order valence-electron chi connectivity index (χ3n) is 1.85. The van der Waals surface area contributed by atoms with Gasteiger partial charge in [0.1, 0.15) is 0 Å². The number of rotatable bonds is 4. The third kappa shape index (κ3) is 3.85. The molecular weight excluding hydrogens is 192 g/mol. The Morgan fingerprint density at radius 2 is 2.00 bits per heavy atom. The molecule has 0 amide bonds. The van der Waals surface area contributed by atoms with Crippen LogP contribution in [0.15, 0.2) is 24.3 Å². The SMILES string of the molecule is CCNCc1ccc(NC(C)=S)cc1.[HH].[HH]. The second kappa shape index (κ2) is 5.73. The first-order valence-corrected chi connectivity index (χ1v) is 5.20. The molecule has 3 heteroatoms. The summed E-state index contributed by atoms with van der Waals surface area (Å²) in [4.78, 5) is 0.796. The van der Waals surface area contributed by atoms with E-state index in [4.69, 9.17) is 12.2 Å². The Balaban J connectivity index is 0. The number of hydrogen-bond acceptors (Lipinski definition) is 2. The van der Waals surface area contributed by atoms with Crippen molar-refractivity contribution < 1.29 is 2.85 Å². The van der Waals surface area contributed by atoms with Crippen LogP contribution in [-0.4, -0.2) is 11.5 Å². The summed E-state index contributed by atoms with van der Waals surface area (Å²) in [5.74, 6) is 0. The van der Waals surface area contributed by atoms with Crippen LogP contribution in [0.5, 0.6) is 0 Å². The summed E-state index contributed by atoms with van der Waals surface area (Å²) >= 11 is 4.96. The van der Waals surface area contributed by atoms with Crippen molar-refractivity contribution in [2.45, 2.75) is 20.4 Å².